The van der Waals surface area contributed by atoms with Crippen LogP contribution in [0.5, 0.6) is 5.75 Å². The summed E-state index contributed by atoms with van der Waals surface area (Å²) in [7, 11) is 0. The van der Waals surface area contributed by atoms with Gasteiger partial charge in [0.1, 0.15) is 23.9 Å². The minimum absolute atomic E-state index is 0.0138. The molecule has 0 saturated carbocycles. The number of carbonyl (C=O) groups is 5. The molecule has 0 bridgehead atoms. The van der Waals surface area contributed by atoms with Crippen LogP contribution >= 0.6 is 23.5 Å². The first-order valence-electron chi connectivity index (χ1n) is 11.9. The number of hydrogen-bond acceptors (Lipinski definition) is 9. The van der Waals surface area contributed by atoms with E-state index in [1.807, 2.05) is 12.5 Å². The average molecular weight is 572 g/mol. The molecule has 0 aromatic heterocycles. The molecule has 12 nitrogen and oxygen atoms in total. The predicted molar refractivity (Wildman–Crippen MR) is 148 cm³/mol. The Kier molecular flexibility index (Phi) is 15.2. The Balaban J connectivity index is 3.09. The Morgan fingerprint density at radius 2 is 1.32 bits per heavy atom. The van der Waals surface area contributed by atoms with E-state index >= 15 is 0 Å². The summed E-state index contributed by atoms with van der Waals surface area (Å²) in [5.74, 6) is -2.74. The Bertz CT molecular complexity index is 949. The number of carboxylic acids is 1. The molecular weight excluding hydrogens is 534 g/mol. The Morgan fingerprint density at radius 1 is 0.816 bits per heavy atom. The minimum atomic E-state index is -1.18. The SMILES string of the molecule is CSCCC(NC(=O)C(CCSC)NC(=O)C(Cc1ccc(O)cc1)NC(=O)C(N)CCC(N)=O)C(=O)O. The number of carbonyl (C=O) groups excluding carboxylic acids is 4. The van der Waals surface area contributed by atoms with E-state index in [2.05, 4.69) is 16.0 Å². The summed E-state index contributed by atoms with van der Waals surface area (Å²) < 4.78 is 0. The highest BCUT2D eigenvalue weighted by Crippen LogP contribution is 2.12. The van der Waals surface area contributed by atoms with Gasteiger partial charge in [-0.15, -0.1) is 0 Å². The van der Waals surface area contributed by atoms with Gasteiger partial charge < -0.3 is 37.6 Å². The first kappa shape index (κ1) is 33.1. The van der Waals surface area contributed by atoms with Crippen molar-refractivity contribution in [1.82, 2.24) is 16.0 Å². The molecule has 0 heterocycles. The maximum Gasteiger partial charge on any atom is 0.326 e. The molecule has 0 aliphatic rings. The van der Waals surface area contributed by atoms with Gasteiger partial charge in [-0.2, -0.15) is 23.5 Å². The third-order valence-electron chi connectivity index (χ3n) is 5.52. The average Bonchev–Trinajstić information content (AvgIpc) is 2.87. The van der Waals surface area contributed by atoms with E-state index in [1.165, 1.54) is 35.7 Å². The van der Waals surface area contributed by atoms with Gasteiger partial charge in [0.15, 0.2) is 0 Å². The molecule has 4 amide bonds. The zero-order chi connectivity index (χ0) is 28.7. The molecule has 0 spiro atoms. The summed E-state index contributed by atoms with van der Waals surface area (Å²) in [5, 5.41) is 26.7. The van der Waals surface area contributed by atoms with Crippen molar-refractivity contribution < 1.29 is 34.2 Å². The second kappa shape index (κ2) is 17.5. The number of hydrogen-bond donors (Lipinski definition) is 7. The van der Waals surface area contributed by atoms with E-state index in [4.69, 9.17) is 11.5 Å². The smallest absolute Gasteiger partial charge is 0.326 e. The Morgan fingerprint density at radius 3 is 1.84 bits per heavy atom. The lowest BCUT2D eigenvalue weighted by Gasteiger charge is -2.25. The Labute approximate surface area is 230 Å². The zero-order valence-corrected chi connectivity index (χ0v) is 23.1. The van der Waals surface area contributed by atoms with Crippen molar-refractivity contribution in [3.63, 3.8) is 0 Å². The van der Waals surface area contributed by atoms with Gasteiger partial charge in [-0.05, 0) is 61.0 Å². The van der Waals surface area contributed by atoms with Crippen LogP contribution in [0.2, 0.25) is 0 Å². The maximum atomic E-state index is 13.3. The van der Waals surface area contributed by atoms with Crippen LogP contribution in [-0.2, 0) is 30.4 Å². The molecule has 0 radical (unpaired) electrons. The van der Waals surface area contributed by atoms with Crippen LogP contribution in [0.15, 0.2) is 24.3 Å². The lowest BCUT2D eigenvalue weighted by molar-refractivity contribution is -0.142. The van der Waals surface area contributed by atoms with Gasteiger partial charge in [-0.3, -0.25) is 19.2 Å². The summed E-state index contributed by atoms with van der Waals surface area (Å²) in [6, 6.07) is 1.61. The van der Waals surface area contributed by atoms with Crippen LogP contribution in [0.25, 0.3) is 0 Å². The number of nitrogens with one attached hydrogen (secondary N) is 3. The predicted octanol–water partition coefficient (Wildman–Crippen LogP) is -0.427. The second-order valence-corrected chi connectivity index (χ2v) is 10.5. The van der Waals surface area contributed by atoms with Gasteiger partial charge in [-0.1, -0.05) is 12.1 Å². The van der Waals surface area contributed by atoms with Crippen LogP contribution in [0.3, 0.4) is 0 Å². The molecule has 38 heavy (non-hydrogen) atoms. The van der Waals surface area contributed by atoms with Gasteiger partial charge in [0.25, 0.3) is 0 Å². The van der Waals surface area contributed by atoms with E-state index in [0.717, 1.165) is 0 Å². The fraction of sp³-hybridized carbons (Fsp3) is 0.542. The Hall–Kier alpha value is -2.97. The molecule has 0 aliphatic heterocycles. The summed E-state index contributed by atoms with van der Waals surface area (Å²) in [6.07, 6.45) is 3.99. The monoisotopic (exact) mass is 571 g/mol. The third-order valence-corrected chi connectivity index (χ3v) is 6.80. The normalized spacial score (nSPS) is 14.0. The first-order chi connectivity index (χ1) is 18.0. The molecule has 4 unspecified atom stereocenters. The summed E-state index contributed by atoms with van der Waals surface area (Å²) in [6.45, 7) is 0. The number of phenols is 1. The van der Waals surface area contributed by atoms with Crippen molar-refractivity contribution in [2.24, 2.45) is 11.5 Å². The fourth-order valence-corrected chi connectivity index (χ4v) is 4.27. The lowest BCUT2D eigenvalue weighted by atomic mass is 10.0. The number of amides is 4. The van der Waals surface area contributed by atoms with Crippen molar-refractivity contribution in [3.05, 3.63) is 29.8 Å². The first-order valence-corrected chi connectivity index (χ1v) is 14.7. The number of primary amides is 1. The molecule has 1 aromatic carbocycles. The highest BCUT2D eigenvalue weighted by atomic mass is 32.2. The summed E-state index contributed by atoms with van der Waals surface area (Å²) in [5.41, 5.74) is 11.6. The minimum Gasteiger partial charge on any atom is -0.508 e. The summed E-state index contributed by atoms with van der Waals surface area (Å²) >= 11 is 2.90. The van der Waals surface area contributed by atoms with Crippen LogP contribution in [0.1, 0.15) is 31.2 Å². The van der Waals surface area contributed by atoms with Crippen LogP contribution in [-0.4, -0.2) is 88.0 Å². The third kappa shape index (κ3) is 12.5. The molecule has 14 heteroatoms. The van der Waals surface area contributed by atoms with Crippen molar-refractivity contribution in [2.75, 3.05) is 24.0 Å². The van der Waals surface area contributed by atoms with Crippen molar-refractivity contribution in [3.8, 4) is 5.75 Å². The van der Waals surface area contributed by atoms with Crippen LogP contribution < -0.4 is 27.4 Å². The van der Waals surface area contributed by atoms with Crippen molar-refractivity contribution in [2.45, 2.75) is 56.3 Å². The number of carboxylic acid groups (broad SMARTS) is 1. The molecule has 1 aromatic rings. The van der Waals surface area contributed by atoms with Crippen LogP contribution in [0, 0.1) is 0 Å². The standard InChI is InChI=1S/C24H37N5O7S2/c1-37-11-9-17(22(33)28-18(24(35)36)10-12-38-2)27-23(34)19(13-14-3-5-15(30)6-4-14)29-21(32)16(25)7-8-20(26)31/h3-6,16-19,30H,7-13,25H2,1-2H3,(H2,26,31)(H,27,34)(H,28,33)(H,29,32)(H,35,36). The highest BCUT2D eigenvalue weighted by molar-refractivity contribution is 7.98. The second-order valence-electron chi connectivity index (χ2n) is 8.57. The van der Waals surface area contributed by atoms with E-state index < -0.39 is 53.8 Å². The number of phenolic OH excluding ortho intramolecular Hbond substituents is 1. The highest BCUT2D eigenvalue weighted by Gasteiger charge is 2.30. The van der Waals surface area contributed by atoms with Crippen LogP contribution in [0.4, 0.5) is 0 Å². The molecule has 0 fully saturated rings. The fourth-order valence-electron chi connectivity index (χ4n) is 3.33. The van der Waals surface area contributed by atoms with E-state index in [-0.39, 0.29) is 37.9 Å². The maximum absolute atomic E-state index is 13.3. The molecule has 1 rings (SSSR count). The quantitative estimate of drug-likeness (QED) is 0.121. The molecular formula is C24H37N5O7S2. The number of nitrogens with two attached hydrogens (primary N) is 2. The number of benzene rings is 1. The van der Waals surface area contributed by atoms with Gasteiger partial charge in [0.05, 0.1) is 6.04 Å². The topological polar surface area (TPSA) is 214 Å². The molecule has 0 aliphatic carbocycles. The van der Waals surface area contributed by atoms with Crippen molar-refractivity contribution in [1.29, 1.82) is 0 Å². The van der Waals surface area contributed by atoms with Crippen molar-refractivity contribution >= 4 is 53.1 Å². The largest absolute Gasteiger partial charge is 0.508 e. The lowest BCUT2D eigenvalue weighted by Crippen LogP contribution is -2.57. The van der Waals surface area contributed by atoms with E-state index in [9.17, 15) is 34.2 Å². The molecule has 9 N–H and O–H groups in total. The van der Waals surface area contributed by atoms with Gasteiger partial charge in [0.2, 0.25) is 23.6 Å². The zero-order valence-electron chi connectivity index (χ0n) is 21.5. The summed E-state index contributed by atoms with van der Waals surface area (Å²) in [4.78, 5) is 61.6. The van der Waals surface area contributed by atoms with Gasteiger partial charge >= 0.3 is 5.97 Å². The van der Waals surface area contributed by atoms with E-state index in [1.54, 1.807) is 12.1 Å². The molecule has 212 valence electrons. The molecule has 0 saturated heterocycles. The van der Waals surface area contributed by atoms with E-state index in [0.29, 0.717) is 17.1 Å². The molecule has 4 atom stereocenters. The van der Waals surface area contributed by atoms with Gasteiger partial charge in [-0.25, -0.2) is 4.79 Å². The number of thioether (sulfide) groups is 2. The number of aromatic hydroxyl groups is 1. The number of aliphatic carboxylic acids is 1. The van der Waals surface area contributed by atoms with Gasteiger partial charge in [0, 0.05) is 12.8 Å². The number of rotatable bonds is 18.